The second kappa shape index (κ2) is 4.91. The average molecular weight is 255 g/mol. The number of ether oxygens (including phenoxy) is 2. The van der Waals surface area contributed by atoms with Gasteiger partial charge in [0.1, 0.15) is 0 Å². The molecule has 74 valence electrons. The molecule has 1 aromatic rings. The van der Waals surface area contributed by atoms with Crippen molar-refractivity contribution in [1.82, 2.24) is 0 Å². The molecule has 0 saturated heterocycles. The van der Waals surface area contributed by atoms with Crippen LogP contribution in [0.15, 0.2) is 18.2 Å². The molecule has 0 fully saturated rings. The van der Waals surface area contributed by atoms with Crippen LogP contribution >= 0.6 is 0 Å². The molecular weight excluding hydrogens is 245 g/mol. The normalized spacial score (nSPS) is 9.36. The van der Waals surface area contributed by atoms with E-state index in [1.807, 2.05) is 12.1 Å². The summed E-state index contributed by atoms with van der Waals surface area (Å²) in [5.41, 5.74) is 0.592. The summed E-state index contributed by atoms with van der Waals surface area (Å²) in [6.07, 6.45) is -0.512. The Labute approximate surface area is 91.1 Å². The van der Waals surface area contributed by atoms with Crippen molar-refractivity contribution in [2.45, 2.75) is 0 Å². The number of nitrogens with one attached hydrogen (secondary N) is 1. The van der Waals surface area contributed by atoms with Gasteiger partial charge in [-0.25, -0.2) is 0 Å². The standard InChI is InChI=1S/C9H10AsNO3/c1-13-8-5-6(10)3-4-7(8)11-9(12)14-2/h3-5H,1-2H3,(H,11,12). The van der Waals surface area contributed by atoms with Crippen LogP contribution in [0.1, 0.15) is 0 Å². The zero-order valence-corrected chi connectivity index (χ0v) is 9.78. The van der Waals surface area contributed by atoms with E-state index in [-0.39, 0.29) is 0 Å². The van der Waals surface area contributed by atoms with Gasteiger partial charge in [-0.3, -0.25) is 0 Å². The molecule has 14 heavy (non-hydrogen) atoms. The van der Waals surface area contributed by atoms with Crippen molar-refractivity contribution in [3.8, 4) is 5.75 Å². The van der Waals surface area contributed by atoms with E-state index in [4.69, 9.17) is 4.74 Å². The Morgan fingerprint density at radius 3 is 2.71 bits per heavy atom. The third-order valence-corrected chi connectivity index (χ3v) is 2.19. The molecule has 0 bridgehead atoms. The summed E-state index contributed by atoms with van der Waals surface area (Å²) in [4.78, 5) is 10.9. The van der Waals surface area contributed by atoms with Gasteiger partial charge in [-0.05, 0) is 0 Å². The van der Waals surface area contributed by atoms with Gasteiger partial charge in [0.15, 0.2) is 0 Å². The van der Waals surface area contributed by atoms with Crippen LogP contribution in [-0.4, -0.2) is 37.2 Å². The maximum atomic E-state index is 10.9. The summed E-state index contributed by atoms with van der Waals surface area (Å²) in [6.45, 7) is 0. The van der Waals surface area contributed by atoms with Crippen LogP contribution in [0.25, 0.3) is 0 Å². The Kier molecular flexibility index (Phi) is 3.83. The van der Waals surface area contributed by atoms with E-state index in [1.165, 1.54) is 7.11 Å². The van der Waals surface area contributed by atoms with Crippen LogP contribution in [0.3, 0.4) is 0 Å². The fraction of sp³-hybridized carbons (Fsp3) is 0.222. The minimum atomic E-state index is -0.512. The predicted molar refractivity (Wildman–Crippen MR) is 54.4 cm³/mol. The van der Waals surface area contributed by atoms with Crippen LogP contribution in [0.4, 0.5) is 10.5 Å². The number of benzene rings is 1. The van der Waals surface area contributed by atoms with Crippen molar-refractivity contribution in [2.24, 2.45) is 0 Å². The van der Waals surface area contributed by atoms with Crippen LogP contribution in [0.2, 0.25) is 0 Å². The SMILES string of the molecule is COC(=O)Nc1ccc([As])cc1OC. The molecule has 4 nitrogen and oxygen atoms in total. The van der Waals surface area contributed by atoms with Crippen LogP contribution in [-0.2, 0) is 4.74 Å². The van der Waals surface area contributed by atoms with E-state index >= 15 is 0 Å². The Balaban J connectivity index is 2.90. The zero-order valence-electron chi connectivity index (χ0n) is 7.90. The topological polar surface area (TPSA) is 47.6 Å². The molecule has 1 N–H and O–H groups in total. The van der Waals surface area contributed by atoms with Gasteiger partial charge in [0.2, 0.25) is 0 Å². The van der Waals surface area contributed by atoms with Gasteiger partial charge in [-0.15, -0.1) is 0 Å². The number of methoxy groups -OCH3 is 2. The van der Waals surface area contributed by atoms with Crippen LogP contribution < -0.4 is 14.4 Å². The number of amides is 1. The summed E-state index contributed by atoms with van der Waals surface area (Å²) in [5.74, 6) is 0.605. The minimum absolute atomic E-state index is 0.512. The second-order valence-corrected chi connectivity index (χ2v) is 3.58. The Bertz CT molecular complexity index is 341. The molecule has 5 heteroatoms. The Morgan fingerprint density at radius 1 is 1.43 bits per heavy atom. The first-order valence-electron chi connectivity index (χ1n) is 3.89. The van der Waals surface area contributed by atoms with Gasteiger partial charge in [0.05, 0.1) is 0 Å². The second-order valence-electron chi connectivity index (χ2n) is 2.50. The van der Waals surface area contributed by atoms with E-state index in [0.29, 0.717) is 11.4 Å². The number of carbonyl (C=O) groups excluding carboxylic acids is 1. The number of hydrogen-bond acceptors (Lipinski definition) is 3. The van der Waals surface area contributed by atoms with Crippen molar-refractivity contribution in [2.75, 3.05) is 19.5 Å². The quantitative estimate of drug-likeness (QED) is 0.790. The van der Waals surface area contributed by atoms with Gasteiger partial charge < -0.3 is 0 Å². The molecule has 0 unspecified atom stereocenters. The molecule has 0 heterocycles. The first-order chi connectivity index (χ1) is 6.67. The van der Waals surface area contributed by atoms with Crippen molar-refractivity contribution in [3.63, 3.8) is 0 Å². The third kappa shape index (κ3) is 2.67. The van der Waals surface area contributed by atoms with Crippen molar-refractivity contribution in [1.29, 1.82) is 0 Å². The Morgan fingerprint density at radius 2 is 2.14 bits per heavy atom. The van der Waals surface area contributed by atoms with E-state index < -0.39 is 6.09 Å². The van der Waals surface area contributed by atoms with E-state index in [2.05, 4.69) is 26.9 Å². The first kappa shape index (κ1) is 10.9. The molecule has 0 aromatic heterocycles. The third-order valence-electron chi connectivity index (χ3n) is 1.61. The molecule has 0 atom stereocenters. The molecular formula is C9H10AsNO3. The maximum absolute atomic E-state index is 10.9. The van der Waals surface area contributed by atoms with Crippen molar-refractivity contribution in [3.05, 3.63) is 18.2 Å². The molecule has 1 rings (SSSR count). The monoisotopic (exact) mass is 255 g/mol. The van der Waals surface area contributed by atoms with Gasteiger partial charge in [-0.2, -0.15) is 0 Å². The average Bonchev–Trinajstić information content (AvgIpc) is 2.20. The molecule has 0 aliphatic rings. The molecule has 0 saturated carbocycles. The number of carbonyl (C=O) groups is 1. The van der Waals surface area contributed by atoms with Gasteiger partial charge in [-0.1, -0.05) is 0 Å². The summed E-state index contributed by atoms with van der Waals surface area (Å²) >= 11 is 2.40. The van der Waals surface area contributed by atoms with E-state index in [1.54, 1.807) is 13.2 Å². The van der Waals surface area contributed by atoms with Gasteiger partial charge >= 0.3 is 90.7 Å². The van der Waals surface area contributed by atoms with Crippen molar-refractivity contribution < 1.29 is 14.3 Å². The summed E-state index contributed by atoms with van der Waals surface area (Å²) in [5, 5.41) is 2.55. The fourth-order valence-electron chi connectivity index (χ4n) is 0.944. The molecule has 2 radical (unpaired) electrons. The van der Waals surface area contributed by atoms with Crippen molar-refractivity contribution >= 4 is 33.0 Å². The molecule has 0 aliphatic carbocycles. The molecule has 1 aromatic carbocycles. The summed E-state index contributed by atoms with van der Waals surface area (Å²) in [6, 6.07) is 5.42. The number of rotatable bonds is 2. The molecule has 1 amide bonds. The van der Waals surface area contributed by atoms with Gasteiger partial charge in [0.25, 0.3) is 0 Å². The fourth-order valence-corrected chi connectivity index (χ4v) is 1.35. The van der Waals surface area contributed by atoms with E-state index in [9.17, 15) is 4.79 Å². The first-order valence-corrected chi connectivity index (χ1v) is 4.83. The van der Waals surface area contributed by atoms with Crippen LogP contribution in [0, 0.1) is 0 Å². The van der Waals surface area contributed by atoms with Crippen LogP contribution in [0.5, 0.6) is 5.75 Å². The predicted octanol–water partition coefficient (Wildman–Crippen LogP) is 0.667. The van der Waals surface area contributed by atoms with E-state index in [0.717, 1.165) is 4.35 Å². The van der Waals surface area contributed by atoms with Gasteiger partial charge in [0, 0.05) is 0 Å². The number of anilines is 1. The molecule has 0 spiro atoms. The summed E-state index contributed by atoms with van der Waals surface area (Å²) in [7, 11) is 2.86. The summed E-state index contributed by atoms with van der Waals surface area (Å²) < 4.78 is 10.6. The number of hydrogen-bond donors (Lipinski definition) is 1. The zero-order chi connectivity index (χ0) is 10.6. The molecule has 0 aliphatic heterocycles. The Hall–Kier alpha value is -1.15.